The number of rotatable bonds is 3. The molecule has 3 aromatic rings. The number of carbonyl (C=O) groups is 3. The molecule has 0 aromatic heterocycles. The van der Waals surface area contributed by atoms with E-state index in [1.165, 1.54) is 0 Å². The molecule has 2 spiro atoms. The Morgan fingerprint density at radius 2 is 1.56 bits per heavy atom. The monoisotopic (exact) mass is 478 g/mol. The van der Waals surface area contributed by atoms with E-state index >= 15 is 0 Å². The average molecular weight is 479 g/mol. The highest BCUT2D eigenvalue weighted by Gasteiger charge is 2.81. The summed E-state index contributed by atoms with van der Waals surface area (Å²) in [6.45, 7) is 1.07. The number of benzene rings is 3. The maximum Gasteiger partial charge on any atom is 0.322 e. The summed E-state index contributed by atoms with van der Waals surface area (Å²) in [5.41, 5.74) is 0.733. The van der Waals surface area contributed by atoms with E-state index in [1.54, 1.807) is 4.90 Å². The number of para-hydroxylation sites is 1. The van der Waals surface area contributed by atoms with E-state index in [9.17, 15) is 14.4 Å². The van der Waals surface area contributed by atoms with E-state index in [0.29, 0.717) is 13.1 Å². The Morgan fingerprint density at radius 1 is 0.861 bits per heavy atom. The maximum atomic E-state index is 14.9. The van der Waals surface area contributed by atoms with Crippen LogP contribution >= 0.6 is 0 Å². The second-order valence-electron chi connectivity index (χ2n) is 10.1. The zero-order chi connectivity index (χ0) is 24.5. The Kier molecular flexibility index (Phi) is 4.45. The van der Waals surface area contributed by atoms with Gasteiger partial charge in [0.2, 0.25) is 0 Å². The minimum atomic E-state index is -1.46. The molecule has 36 heavy (non-hydrogen) atoms. The van der Waals surface area contributed by atoms with Crippen molar-refractivity contribution in [2.45, 2.75) is 42.4 Å². The molecule has 7 nitrogen and oxygen atoms in total. The van der Waals surface area contributed by atoms with E-state index in [2.05, 4.69) is 15.5 Å². The third kappa shape index (κ3) is 2.48. The summed E-state index contributed by atoms with van der Waals surface area (Å²) >= 11 is 0. The van der Waals surface area contributed by atoms with Crippen molar-refractivity contribution in [3.8, 4) is 0 Å². The van der Waals surface area contributed by atoms with Crippen molar-refractivity contribution in [2.75, 3.05) is 11.4 Å². The first kappa shape index (κ1) is 21.3. The normalized spacial score (nSPS) is 30.7. The molecule has 7 heteroatoms. The molecule has 1 unspecified atom stereocenters. The minimum Gasteiger partial charge on any atom is -0.320 e. The van der Waals surface area contributed by atoms with Gasteiger partial charge >= 0.3 is 6.03 Å². The van der Waals surface area contributed by atoms with Gasteiger partial charge in [-0.25, -0.2) is 4.79 Å². The van der Waals surface area contributed by atoms with Gasteiger partial charge in [0, 0.05) is 23.2 Å². The Labute approximate surface area is 209 Å². The predicted molar refractivity (Wildman–Crippen MR) is 134 cm³/mol. The maximum absolute atomic E-state index is 14.9. The van der Waals surface area contributed by atoms with Crippen molar-refractivity contribution >= 4 is 23.5 Å². The van der Waals surface area contributed by atoms with Gasteiger partial charge in [-0.1, -0.05) is 78.9 Å². The van der Waals surface area contributed by atoms with Crippen molar-refractivity contribution in [1.82, 2.24) is 15.5 Å². The van der Waals surface area contributed by atoms with Crippen LogP contribution in [0, 0.1) is 0 Å². The first-order valence-electron chi connectivity index (χ1n) is 12.5. The SMILES string of the molecule is O=C1NC(=O)[C@@]2(N1)C(c1ccccc1)[C@H]1CCCN1[C@]21C(=O)N(Cc2ccccc2)c2ccccc21. The molecule has 4 atom stereocenters. The summed E-state index contributed by atoms with van der Waals surface area (Å²) in [6.07, 6.45) is 1.77. The minimum absolute atomic E-state index is 0.0646. The van der Waals surface area contributed by atoms with Crippen molar-refractivity contribution < 1.29 is 14.4 Å². The molecule has 180 valence electrons. The van der Waals surface area contributed by atoms with Gasteiger partial charge in [-0.2, -0.15) is 0 Å². The lowest BCUT2D eigenvalue weighted by molar-refractivity contribution is -0.140. The first-order valence-corrected chi connectivity index (χ1v) is 12.5. The molecule has 4 heterocycles. The number of fused-ring (bicyclic) bond motifs is 5. The zero-order valence-corrected chi connectivity index (χ0v) is 19.7. The molecule has 2 N–H and O–H groups in total. The summed E-state index contributed by atoms with van der Waals surface area (Å²) in [6, 6.07) is 26.9. The van der Waals surface area contributed by atoms with E-state index in [-0.39, 0.29) is 17.9 Å². The highest BCUT2D eigenvalue weighted by molar-refractivity contribution is 6.18. The van der Waals surface area contributed by atoms with Crippen LogP contribution in [0.15, 0.2) is 84.9 Å². The number of nitrogens with one attached hydrogen (secondary N) is 2. The third-order valence-corrected chi connectivity index (χ3v) is 8.53. The van der Waals surface area contributed by atoms with Gasteiger partial charge in [-0.3, -0.25) is 19.8 Å². The van der Waals surface area contributed by atoms with Crippen LogP contribution in [0.4, 0.5) is 10.5 Å². The first-order chi connectivity index (χ1) is 17.6. The van der Waals surface area contributed by atoms with Gasteiger partial charge in [0.15, 0.2) is 11.1 Å². The number of carbonyl (C=O) groups excluding carboxylic acids is 3. The topological polar surface area (TPSA) is 81.8 Å². The van der Waals surface area contributed by atoms with Gasteiger partial charge in [-0.15, -0.1) is 0 Å². The fraction of sp³-hybridized carbons (Fsp3) is 0.276. The number of hydrogen-bond donors (Lipinski definition) is 2. The molecule has 7 rings (SSSR count). The largest absolute Gasteiger partial charge is 0.322 e. The number of imide groups is 1. The zero-order valence-electron chi connectivity index (χ0n) is 19.7. The highest BCUT2D eigenvalue weighted by atomic mass is 16.2. The van der Waals surface area contributed by atoms with E-state index in [0.717, 1.165) is 35.2 Å². The molecular weight excluding hydrogens is 452 g/mol. The van der Waals surface area contributed by atoms with Gasteiger partial charge in [0.05, 0.1) is 6.54 Å². The molecule has 3 saturated heterocycles. The number of urea groups is 1. The van der Waals surface area contributed by atoms with E-state index < -0.39 is 23.0 Å². The van der Waals surface area contributed by atoms with Crippen LogP contribution in [-0.4, -0.2) is 40.9 Å². The lowest BCUT2D eigenvalue weighted by atomic mass is 9.65. The van der Waals surface area contributed by atoms with Gasteiger partial charge in [0.1, 0.15) is 0 Å². The smallest absolute Gasteiger partial charge is 0.320 e. The van der Waals surface area contributed by atoms with Gasteiger partial charge in [0.25, 0.3) is 11.8 Å². The second-order valence-corrected chi connectivity index (χ2v) is 10.1. The van der Waals surface area contributed by atoms with Gasteiger partial charge in [-0.05, 0) is 36.6 Å². The van der Waals surface area contributed by atoms with Crippen molar-refractivity contribution in [3.63, 3.8) is 0 Å². The van der Waals surface area contributed by atoms with Crippen LogP contribution in [0.5, 0.6) is 0 Å². The van der Waals surface area contributed by atoms with Crippen molar-refractivity contribution in [1.29, 1.82) is 0 Å². The quantitative estimate of drug-likeness (QED) is 0.567. The summed E-state index contributed by atoms with van der Waals surface area (Å²) in [5.74, 6) is -0.961. The van der Waals surface area contributed by atoms with Crippen LogP contribution < -0.4 is 15.5 Å². The predicted octanol–water partition coefficient (Wildman–Crippen LogP) is 3.27. The fourth-order valence-electron chi connectivity index (χ4n) is 7.39. The Balaban J connectivity index is 1.51. The van der Waals surface area contributed by atoms with E-state index in [1.807, 2.05) is 84.9 Å². The standard InChI is InChI=1S/C29H26N4O3/c34-25-28(31-27(36)30-25)24(20-12-5-2-6-13-20)23-16-9-17-33(23)29(28)21-14-7-8-15-22(21)32(26(29)35)18-19-10-3-1-4-11-19/h1-8,10-15,23-24H,9,16-18H2,(H2,30,31,34,36)/t23-,24?,28+,29-/m1/s1. The van der Waals surface area contributed by atoms with Gasteiger partial charge < -0.3 is 10.2 Å². The lowest BCUT2D eigenvalue weighted by Gasteiger charge is -2.43. The third-order valence-electron chi connectivity index (χ3n) is 8.53. The van der Waals surface area contributed by atoms with E-state index in [4.69, 9.17) is 0 Å². The number of amides is 4. The second kappa shape index (κ2) is 7.51. The number of hydrogen-bond acceptors (Lipinski definition) is 4. The van der Waals surface area contributed by atoms with Crippen molar-refractivity contribution in [3.05, 3.63) is 102 Å². The highest BCUT2D eigenvalue weighted by Crippen LogP contribution is 2.64. The molecule has 4 aliphatic heterocycles. The van der Waals surface area contributed by atoms with Crippen LogP contribution in [0.1, 0.15) is 35.4 Å². The van der Waals surface area contributed by atoms with Crippen molar-refractivity contribution in [2.24, 2.45) is 0 Å². The molecular formula is C29H26N4O3. The van der Waals surface area contributed by atoms with Crippen LogP contribution in [0.3, 0.4) is 0 Å². The molecule has 3 fully saturated rings. The summed E-state index contributed by atoms with van der Waals surface area (Å²) in [4.78, 5) is 45.8. The Morgan fingerprint density at radius 3 is 2.28 bits per heavy atom. The summed E-state index contributed by atoms with van der Waals surface area (Å²) in [5, 5.41) is 5.58. The molecule has 0 saturated carbocycles. The molecule has 4 amide bonds. The van der Waals surface area contributed by atoms with Crippen LogP contribution in [0.2, 0.25) is 0 Å². The molecule has 3 aromatic carbocycles. The molecule has 4 aliphatic rings. The fourth-order valence-corrected chi connectivity index (χ4v) is 7.39. The molecule has 0 bridgehead atoms. The summed E-state index contributed by atoms with van der Waals surface area (Å²) in [7, 11) is 0. The van der Waals surface area contributed by atoms with Crippen LogP contribution in [0.25, 0.3) is 0 Å². The number of nitrogens with zero attached hydrogens (tertiary/aromatic N) is 2. The number of anilines is 1. The summed E-state index contributed by atoms with van der Waals surface area (Å²) < 4.78 is 0. The average Bonchev–Trinajstić information content (AvgIpc) is 3.60. The lowest BCUT2D eigenvalue weighted by Crippen LogP contribution is -2.69. The molecule has 0 aliphatic carbocycles. The Hall–Kier alpha value is -3.97. The van der Waals surface area contributed by atoms with Crippen LogP contribution in [-0.2, 0) is 21.7 Å². The molecule has 0 radical (unpaired) electrons. The Bertz CT molecular complexity index is 1390.